The first kappa shape index (κ1) is 16.0. The van der Waals surface area contributed by atoms with Gasteiger partial charge < -0.3 is 9.73 Å². The lowest BCUT2D eigenvalue weighted by Gasteiger charge is -2.04. The van der Waals surface area contributed by atoms with Crippen LogP contribution in [-0.4, -0.2) is 6.54 Å². The van der Waals surface area contributed by atoms with Crippen LogP contribution >= 0.6 is 34.8 Å². The van der Waals surface area contributed by atoms with E-state index in [1.807, 2.05) is 0 Å². The Bertz CT molecular complexity index is 607. The minimum absolute atomic E-state index is 0.468. The van der Waals surface area contributed by atoms with Gasteiger partial charge in [-0.2, -0.15) is 0 Å². The smallest absolute Gasteiger partial charge is 0.154 e. The van der Waals surface area contributed by atoms with Crippen LogP contribution in [0.2, 0.25) is 15.1 Å². The number of nitrogens with one attached hydrogen (secondary N) is 1. The fraction of sp³-hybridized carbons (Fsp3) is 0.467. The number of aryl methyl sites for hydroxylation is 1. The molecule has 1 N–H and O–H groups in total. The third-order valence-corrected chi connectivity index (χ3v) is 4.27. The molecule has 20 heavy (non-hydrogen) atoms. The monoisotopic (exact) mass is 333 g/mol. The first-order valence-electron chi connectivity index (χ1n) is 6.88. The van der Waals surface area contributed by atoms with Crippen LogP contribution in [0.3, 0.4) is 0 Å². The number of rotatable bonds is 6. The Labute approximate surface area is 134 Å². The maximum absolute atomic E-state index is 6.34. The molecule has 0 aliphatic carbocycles. The summed E-state index contributed by atoms with van der Waals surface area (Å²) in [5.41, 5.74) is 1.75. The van der Waals surface area contributed by atoms with Gasteiger partial charge >= 0.3 is 0 Å². The van der Waals surface area contributed by atoms with Gasteiger partial charge in [0, 0.05) is 10.9 Å². The molecule has 0 atom stereocenters. The third kappa shape index (κ3) is 3.09. The summed E-state index contributed by atoms with van der Waals surface area (Å²) >= 11 is 18.7. The molecule has 0 saturated carbocycles. The molecule has 0 amide bonds. The van der Waals surface area contributed by atoms with Crippen LogP contribution in [0.5, 0.6) is 0 Å². The maximum Gasteiger partial charge on any atom is 0.154 e. The number of halogens is 3. The average Bonchev–Trinajstić information content (AvgIpc) is 2.77. The molecule has 2 nitrogen and oxygen atoms in total. The van der Waals surface area contributed by atoms with Gasteiger partial charge in [-0.3, -0.25) is 0 Å². The lowest BCUT2D eigenvalue weighted by molar-refractivity contribution is 0.507. The first-order chi connectivity index (χ1) is 9.60. The lowest BCUT2D eigenvalue weighted by Crippen LogP contribution is -2.14. The van der Waals surface area contributed by atoms with E-state index in [1.54, 1.807) is 6.07 Å². The summed E-state index contributed by atoms with van der Waals surface area (Å²) < 4.78 is 5.93. The number of furan rings is 1. The molecular formula is C15H18Cl3NO. The van der Waals surface area contributed by atoms with E-state index >= 15 is 0 Å². The molecule has 0 bridgehead atoms. The fourth-order valence-corrected chi connectivity index (χ4v) is 3.06. The summed E-state index contributed by atoms with van der Waals surface area (Å²) in [6, 6.07) is 1.64. The van der Waals surface area contributed by atoms with Crippen molar-refractivity contribution >= 4 is 45.8 Å². The van der Waals surface area contributed by atoms with E-state index in [0.717, 1.165) is 42.5 Å². The molecular weight excluding hydrogens is 317 g/mol. The lowest BCUT2D eigenvalue weighted by atomic mass is 10.1. The van der Waals surface area contributed by atoms with Gasteiger partial charge in [-0.1, -0.05) is 55.1 Å². The van der Waals surface area contributed by atoms with Crippen LogP contribution in [-0.2, 0) is 13.0 Å². The molecule has 1 aromatic heterocycles. The minimum atomic E-state index is 0.468. The molecule has 0 radical (unpaired) electrons. The predicted molar refractivity (Wildman–Crippen MR) is 87.2 cm³/mol. The Balaban J connectivity index is 2.54. The van der Waals surface area contributed by atoms with Crippen LogP contribution in [0, 0.1) is 0 Å². The Morgan fingerprint density at radius 3 is 2.50 bits per heavy atom. The zero-order valence-corrected chi connectivity index (χ0v) is 13.9. The quantitative estimate of drug-likeness (QED) is 0.530. The molecule has 1 aromatic carbocycles. The van der Waals surface area contributed by atoms with E-state index in [2.05, 4.69) is 19.2 Å². The highest BCUT2D eigenvalue weighted by Gasteiger charge is 2.20. The first-order valence-corrected chi connectivity index (χ1v) is 8.01. The number of benzene rings is 1. The maximum atomic E-state index is 6.34. The molecule has 1 heterocycles. The van der Waals surface area contributed by atoms with E-state index in [4.69, 9.17) is 39.2 Å². The van der Waals surface area contributed by atoms with E-state index in [9.17, 15) is 0 Å². The molecule has 0 saturated heterocycles. The van der Waals surface area contributed by atoms with Crippen LogP contribution in [0.4, 0.5) is 0 Å². The summed E-state index contributed by atoms with van der Waals surface area (Å²) in [5.74, 6) is 0.904. The Hall–Kier alpha value is -0.410. The van der Waals surface area contributed by atoms with Crippen molar-refractivity contribution in [3.8, 4) is 0 Å². The van der Waals surface area contributed by atoms with Crippen molar-refractivity contribution in [3.05, 3.63) is 32.5 Å². The molecule has 2 aromatic rings. The van der Waals surface area contributed by atoms with E-state index in [-0.39, 0.29) is 0 Å². The van der Waals surface area contributed by atoms with Crippen molar-refractivity contribution in [2.75, 3.05) is 6.54 Å². The molecule has 0 fully saturated rings. The van der Waals surface area contributed by atoms with Gasteiger partial charge in [0.1, 0.15) is 5.76 Å². The minimum Gasteiger partial charge on any atom is -0.458 e. The summed E-state index contributed by atoms with van der Waals surface area (Å²) in [6.07, 6.45) is 2.99. The van der Waals surface area contributed by atoms with Crippen LogP contribution in [0.25, 0.3) is 11.0 Å². The van der Waals surface area contributed by atoms with Crippen molar-refractivity contribution in [3.63, 3.8) is 0 Å². The highest BCUT2D eigenvalue weighted by Crippen LogP contribution is 2.41. The molecule has 5 heteroatoms. The molecule has 0 aliphatic heterocycles. The van der Waals surface area contributed by atoms with Crippen molar-refractivity contribution in [1.29, 1.82) is 0 Å². The second-order valence-corrected chi connectivity index (χ2v) is 5.98. The summed E-state index contributed by atoms with van der Waals surface area (Å²) in [5, 5.41) is 5.72. The highest BCUT2D eigenvalue weighted by molar-refractivity contribution is 6.47. The van der Waals surface area contributed by atoms with Gasteiger partial charge in [0.05, 0.1) is 21.6 Å². The number of fused-ring (bicyclic) bond motifs is 1. The summed E-state index contributed by atoms with van der Waals surface area (Å²) in [4.78, 5) is 0. The predicted octanol–water partition coefficient (Wildman–Crippen LogP) is 5.85. The van der Waals surface area contributed by atoms with Crippen LogP contribution in [0.1, 0.15) is 38.0 Å². The van der Waals surface area contributed by atoms with Gasteiger partial charge in [0.25, 0.3) is 0 Å². The number of hydrogen-bond acceptors (Lipinski definition) is 2. The Morgan fingerprint density at radius 1 is 1.10 bits per heavy atom. The van der Waals surface area contributed by atoms with Gasteiger partial charge in [0.15, 0.2) is 5.58 Å². The van der Waals surface area contributed by atoms with Crippen molar-refractivity contribution in [1.82, 2.24) is 5.32 Å². The van der Waals surface area contributed by atoms with Crippen LogP contribution in [0.15, 0.2) is 10.5 Å². The molecule has 0 aliphatic rings. The standard InChI is InChI=1S/C15H18Cl3NO/c1-3-5-9-12(8-19-6-4-2)20-15-11(17)7-10(16)14(18)13(9)15/h7,19H,3-6,8H2,1-2H3. The van der Waals surface area contributed by atoms with E-state index in [1.165, 1.54) is 0 Å². The summed E-state index contributed by atoms with van der Waals surface area (Å²) in [7, 11) is 0. The van der Waals surface area contributed by atoms with Crippen LogP contribution < -0.4 is 5.32 Å². The SMILES string of the molecule is CCCNCc1oc2c(Cl)cc(Cl)c(Cl)c2c1CCC. The topological polar surface area (TPSA) is 25.2 Å². The fourth-order valence-electron chi connectivity index (χ4n) is 2.31. The normalized spacial score (nSPS) is 11.4. The molecule has 0 unspecified atom stereocenters. The Kier molecular flexibility index (Phi) is 5.62. The number of hydrogen-bond donors (Lipinski definition) is 1. The molecule has 2 rings (SSSR count). The third-order valence-electron chi connectivity index (χ3n) is 3.20. The summed E-state index contributed by atoms with van der Waals surface area (Å²) in [6.45, 7) is 5.89. The van der Waals surface area contributed by atoms with Crippen molar-refractivity contribution in [2.24, 2.45) is 0 Å². The van der Waals surface area contributed by atoms with Crippen molar-refractivity contribution < 1.29 is 4.42 Å². The van der Waals surface area contributed by atoms with E-state index < -0.39 is 0 Å². The Morgan fingerprint density at radius 2 is 1.85 bits per heavy atom. The average molecular weight is 335 g/mol. The zero-order valence-electron chi connectivity index (χ0n) is 11.7. The van der Waals surface area contributed by atoms with Gasteiger partial charge in [0.2, 0.25) is 0 Å². The zero-order chi connectivity index (χ0) is 14.7. The molecule has 110 valence electrons. The van der Waals surface area contributed by atoms with Gasteiger partial charge in [-0.25, -0.2) is 0 Å². The molecule has 0 spiro atoms. The van der Waals surface area contributed by atoms with Gasteiger partial charge in [-0.15, -0.1) is 0 Å². The van der Waals surface area contributed by atoms with Gasteiger partial charge in [-0.05, 0) is 25.5 Å². The second-order valence-electron chi connectivity index (χ2n) is 4.79. The highest BCUT2D eigenvalue weighted by atomic mass is 35.5. The second kappa shape index (κ2) is 7.04. The van der Waals surface area contributed by atoms with E-state index in [0.29, 0.717) is 27.2 Å². The van der Waals surface area contributed by atoms with Crippen molar-refractivity contribution in [2.45, 2.75) is 39.7 Å². The largest absolute Gasteiger partial charge is 0.458 e.